The van der Waals surface area contributed by atoms with Gasteiger partial charge in [0.15, 0.2) is 0 Å². The number of carbonyl (C=O) groups excluding carboxylic acids is 1. The number of rotatable bonds is 7. The molecule has 0 radical (unpaired) electrons. The van der Waals surface area contributed by atoms with Gasteiger partial charge in [0.25, 0.3) is 5.91 Å². The fourth-order valence-electron chi connectivity index (χ4n) is 2.67. The SMILES string of the molecule is COc1ccccc1C1=NOC(C)(C)N1NC(=O)COCc1ccccc1. The van der Waals surface area contributed by atoms with Gasteiger partial charge in [-0.05, 0) is 31.5 Å². The van der Waals surface area contributed by atoms with E-state index in [-0.39, 0.29) is 12.5 Å². The van der Waals surface area contributed by atoms with E-state index in [0.717, 1.165) is 11.1 Å². The number of amidine groups is 1. The summed E-state index contributed by atoms with van der Waals surface area (Å²) in [6, 6.07) is 17.1. The number of amides is 1. The molecule has 2 aromatic rings. The minimum absolute atomic E-state index is 0.0827. The Hall–Kier alpha value is -3.06. The van der Waals surface area contributed by atoms with Crippen LogP contribution in [0.3, 0.4) is 0 Å². The van der Waals surface area contributed by atoms with E-state index in [0.29, 0.717) is 18.2 Å². The van der Waals surface area contributed by atoms with Gasteiger partial charge in [-0.1, -0.05) is 47.6 Å². The minimum Gasteiger partial charge on any atom is -0.496 e. The number of carbonyl (C=O) groups is 1. The molecular formula is C20H23N3O4. The molecule has 1 amide bonds. The summed E-state index contributed by atoms with van der Waals surface area (Å²) >= 11 is 0. The largest absolute Gasteiger partial charge is 0.496 e. The van der Waals surface area contributed by atoms with Gasteiger partial charge in [0.2, 0.25) is 11.6 Å². The standard InChI is InChI=1S/C20H23N3O4/c1-20(2)23(19(22-27-20)16-11-7-8-12-17(16)25-3)21-18(24)14-26-13-15-9-5-4-6-10-15/h4-12H,13-14H2,1-3H3,(H,21,24). The van der Waals surface area contributed by atoms with Gasteiger partial charge in [-0.2, -0.15) is 0 Å². The van der Waals surface area contributed by atoms with Crippen molar-refractivity contribution in [3.8, 4) is 5.75 Å². The summed E-state index contributed by atoms with van der Waals surface area (Å²) in [5, 5.41) is 5.72. The highest BCUT2D eigenvalue weighted by molar-refractivity contribution is 6.02. The normalized spacial score (nSPS) is 15.1. The summed E-state index contributed by atoms with van der Waals surface area (Å²) < 4.78 is 10.9. The van der Waals surface area contributed by atoms with Crippen LogP contribution >= 0.6 is 0 Å². The lowest BCUT2D eigenvalue weighted by molar-refractivity contribution is -0.139. The maximum Gasteiger partial charge on any atom is 0.264 e. The van der Waals surface area contributed by atoms with Crippen molar-refractivity contribution in [3.63, 3.8) is 0 Å². The second kappa shape index (κ2) is 8.09. The number of para-hydroxylation sites is 1. The van der Waals surface area contributed by atoms with E-state index >= 15 is 0 Å². The molecule has 1 heterocycles. The Bertz CT molecular complexity index is 821. The zero-order chi connectivity index (χ0) is 19.3. The fraction of sp³-hybridized carbons (Fsp3) is 0.300. The maximum atomic E-state index is 12.4. The average molecular weight is 369 g/mol. The summed E-state index contributed by atoms with van der Waals surface area (Å²) in [7, 11) is 1.58. The van der Waals surface area contributed by atoms with Crippen molar-refractivity contribution in [1.29, 1.82) is 0 Å². The van der Waals surface area contributed by atoms with Crippen LogP contribution in [0.4, 0.5) is 0 Å². The Balaban J connectivity index is 1.65. The zero-order valence-corrected chi connectivity index (χ0v) is 15.6. The number of oxime groups is 1. The topological polar surface area (TPSA) is 72.4 Å². The maximum absolute atomic E-state index is 12.4. The van der Waals surface area contributed by atoms with Crippen molar-refractivity contribution in [2.75, 3.05) is 13.7 Å². The smallest absolute Gasteiger partial charge is 0.264 e. The number of hydrazine groups is 1. The molecule has 7 nitrogen and oxygen atoms in total. The van der Waals surface area contributed by atoms with E-state index < -0.39 is 5.72 Å². The predicted octanol–water partition coefficient (Wildman–Crippen LogP) is 2.67. The van der Waals surface area contributed by atoms with Crippen LogP contribution in [0, 0.1) is 0 Å². The van der Waals surface area contributed by atoms with Gasteiger partial charge >= 0.3 is 0 Å². The molecule has 0 spiro atoms. The first kappa shape index (κ1) is 18.7. The lowest BCUT2D eigenvalue weighted by Crippen LogP contribution is -2.55. The first-order valence-electron chi connectivity index (χ1n) is 8.62. The van der Waals surface area contributed by atoms with Crippen LogP contribution in [0.5, 0.6) is 5.75 Å². The average Bonchev–Trinajstić information content (AvgIpc) is 2.97. The van der Waals surface area contributed by atoms with Crippen LogP contribution in [0.15, 0.2) is 59.8 Å². The molecule has 0 aliphatic carbocycles. The van der Waals surface area contributed by atoms with E-state index in [2.05, 4.69) is 10.6 Å². The van der Waals surface area contributed by atoms with Crippen molar-refractivity contribution in [3.05, 3.63) is 65.7 Å². The summed E-state index contributed by atoms with van der Waals surface area (Å²) in [6.07, 6.45) is 0. The molecule has 1 aliphatic heterocycles. The lowest BCUT2D eigenvalue weighted by Gasteiger charge is -2.31. The Labute approximate surface area is 158 Å². The molecule has 3 rings (SSSR count). The van der Waals surface area contributed by atoms with Gasteiger partial charge in [0.05, 0.1) is 19.3 Å². The van der Waals surface area contributed by atoms with E-state index in [4.69, 9.17) is 14.3 Å². The highest BCUT2D eigenvalue weighted by Gasteiger charge is 2.40. The van der Waals surface area contributed by atoms with Crippen LogP contribution in [-0.4, -0.2) is 36.2 Å². The molecule has 142 valence electrons. The van der Waals surface area contributed by atoms with Gasteiger partial charge < -0.3 is 14.3 Å². The second-order valence-corrected chi connectivity index (χ2v) is 6.50. The number of hydrogen-bond donors (Lipinski definition) is 1. The molecule has 1 aliphatic rings. The van der Waals surface area contributed by atoms with Crippen molar-refractivity contribution in [2.24, 2.45) is 5.16 Å². The molecule has 0 atom stereocenters. The van der Waals surface area contributed by atoms with E-state index in [9.17, 15) is 4.79 Å². The first-order valence-corrected chi connectivity index (χ1v) is 8.62. The zero-order valence-electron chi connectivity index (χ0n) is 15.6. The van der Waals surface area contributed by atoms with Crippen LogP contribution in [0.25, 0.3) is 0 Å². The number of nitrogens with one attached hydrogen (secondary N) is 1. The molecule has 0 unspecified atom stereocenters. The summed E-state index contributed by atoms with van der Waals surface area (Å²) in [5.41, 5.74) is 3.70. The Morgan fingerprint density at radius 2 is 1.85 bits per heavy atom. The minimum atomic E-state index is -0.842. The van der Waals surface area contributed by atoms with Crippen molar-refractivity contribution in [1.82, 2.24) is 10.4 Å². The fourth-order valence-corrected chi connectivity index (χ4v) is 2.67. The Kier molecular flexibility index (Phi) is 5.61. The Morgan fingerprint density at radius 3 is 2.59 bits per heavy atom. The molecule has 0 saturated heterocycles. The third-order valence-electron chi connectivity index (χ3n) is 4.03. The Morgan fingerprint density at radius 1 is 1.15 bits per heavy atom. The summed E-state index contributed by atoms with van der Waals surface area (Å²) in [4.78, 5) is 17.9. The van der Waals surface area contributed by atoms with Crippen LogP contribution in [0.1, 0.15) is 25.0 Å². The summed E-state index contributed by atoms with van der Waals surface area (Å²) in [6.45, 7) is 3.90. The number of methoxy groups -OCH3 is 1. The van der Waals surface area contributed by atoms with Crippen LogP contribution < -0.4 is 10.2 Å². The van der Waals surface area contributed by atoms with Gasteiger partial charge in [0, 0.05) is 0 Å². The van der Waals surface area contributed by atoms with Crippen molar-refractivity contribution in [2.45, 2.75) is 26.2 Å². The molecular weight excluding hydrogens is 346 g/mol. The third kappa shape index (κ3) is 4.38. The quantitative estimate of drug-likeness (QED) is 0.812. The highest BCUT2D eigenvalue weighted by Crippen LogP contribution is 2.29. The molecule has 7 heteroatoms. The lowest BCUT2D eigenvalue weighted by atomic mass is 10.1. The number of ether oxygens (including phenoxy) is 2. The van der Waals surface area contributed by atoms with Crippen molar-refractivity contribution >= 4 is 11.7 Å². The van der Waals surface area contributed by atoms with Gasteiger partial charge in [0.1, 0.15) is 12.4 Å². The highest BCUT2D eigenvalue weighted by atomic mass is 16.7. The number of nitrogens with zero attached hydrogens (tertiary/aromatic N) is 2. The third-order valence-corrected chi connectivity index (χ3v) is 4.03. The molecule has 0 saturated carbocycles. The molecule has 0 aromatic heterocycles. The van der Waals surface area contributed by atoms with E-state index in [1.165, 1.54) is 0 Å². The molecule has 0 bridgehead atoms. The first-order chi connectivity index (χ1) is 13.0. The number of hydrogen-bond acceptors (Lipinski definition) is 6. The molecule has 1 N–H and O–H groups in total. The van der Waals surface area contributed by atoms with Gasteiger partial charge in [-0.15, -0.1) is 0 Å². The molecule has 2 aromatic carbocycles. The molecule has 0 fully saturated rings. The van der Waals surface area contributed by atoms with Crippen LogP contribution in [-0.2, 0) is 21.0 Å². The molecule has 27 heavy (non-hydrogen) atoms. The number of benzene rings is 2. The predicted molar refractivity (Wildman–Crippen MR) is 101 cm³/mol. The van der Waals surface area contributed by atoms with Gasteiger partial charge in [-0.25, -0.2) is 5.01 Å². The van der Waals surface area contributed by atoms with E-state index in [1.54, 1.807) is 12.1 Å². The monoisotopic (exact) mass is 369 g/mol. The van der Waals surface area contributed by atoms with Crippen molar-refractivity contribution < 1.29 is 19.1 Å². The van der Waals surface area contributed by atoms with Crippen LogP contribution in [0.2, 0.25) is 0 Å². The van der Waals surface area contributed by atoms with E-state index in [1.807, 2.05) is 68.4 Å². The van der Waals surface area contributed by atoms with Gasteiger partial charge in [-0.3, -0.25) is 10.2 Å². The summed E-state index contributed by atoms with van der Waals surface area (Å²) in [5.74, 6) is 0.804. The second-order valence-electron chi connectivity index (χ2n) is 6.50.